The van der Waals surface area contributed by atoms with Gasteiger partial charge in [-0.1, -0.05) is 31.2 Å². The predicted molar refractivity (Wildman–Crippen MR) is 90.5 cm³/mol. The molecule has 1 heterocycles. The second-order valence-corrected chi connectivity index (χ2v) is 5.90. The van der Waals surface area contributed by atoms with E-state index in [1.165, 1.54) is 10.8 Å². The molecule has 2 rings (SSSR count). The smallest absolute Gasteiger partial charge is 0.136 e. The van der Waals surface area contributed by atoms with Crippen molar-refractivity contribution < 1.29 is 0 Å². The Bertz CT molecular complexity index is 571. The van der Waals surface area contributed by atoms with Crippen LogP contribution in [-0.2, 0) is 6.54 Å². The van der Waals surface area contributed by atoms with Crippen LogP contribution in [0.5, 0.6) is 0 Å². The first-order valence-corrected chi connectivity index (χ1v) is 8.40. The molecular weight excluding hydrogens is 266 g/mol. The van der Waals surface area contributed by atoms with E-state index in [2.05, 4.69) is 54.4 Å². The van der Waals surface area contributed by atoms with Crippen molar-refractivity contribution in [2.24, 2.45) is 5.73 Å². The zero-order valence-electron chi connectivity index (χ0n) is 12.5. The summed E-state index contributed by atoms with van der Waals surface area (Å²) in [4.78, 5) is 6.97. The number of thioether (sulfide) groups is 1. The van der Waals surface area contributed by atoms with E-state index >= 15 is 0 Å². The van der Waals surface area contributed by atoms with Crippen LogP contribution in [0.1, 0.15) is 18.9 Å². The van der Waals surface area contributed by atoms with Crippen molar-refractivity contribution in [2.45, 2.75) is 25.9 Å². The number of aromatic nitrogens is 1. The van der Waals surface area contributed by atoms with Gasteiger partial charge in [0.15, 0.2) is 0 Å². The van der Waals surface area contributed by atoms with Crippen LogP contribution in [0.2, 0.25) is 0 Å². The van der Waals surface area contributed by atoms with Crippen molar-refractivity contribution in [1.29, 1.82) is 0 Å². The van der Waals surface area contributed by atoms with Crippen LogP contribution in [0.3, 0.4) is 0 Å². The Morgan fingerprint density at radius 3 is 2.60 bits per heavy atom. The molecule has 0 aliphatic heterocycles. The number of fused-ring (bicyclic) bond motifs is 1. The third kappa shape index (κ3) is 2.91. The maximum Gasteiger partial charge on any atom is 0.136 e. The lowest BCUT2D eigenvalue weighted by atomic mass is 10.1. The maximum atomic E-state index is 5.82. The SMILES string of the molecule is CCC(CSC)N(C)c1ncc(CN)c2ccccc12. The average molecular weight is 289 g/mol. The van der Waals surface area contributed by atoms with Gasteiger partial charge < -0.3 is 10.6 Å². The minimum Gasteiger partial charge on any atom is -0.355 e. The minimum atomic E-state index is 0.504. The van der Waals surface area contributed by atoms with Gasteiger partial charge in [-0.25, -0.2) is 4.98 Å². The number of nitrogens with two attached hydrogens (primary N) is 1. The number of pyridine rings is 1. The van der Waals surface area contributed by atoms with Crippen LogP contribution in [0.25, 0.3) is 10.8 Å². The molecule has 4 heteroatoms. The molecule has 1 unspecified atom stereocenters. The zero-order valence-corrected chi connectivity index (χ0v) is 13.3. The van der Waals surface area contributed by atoms with Crippen LogP contribution < -0.4 is 10.6 Å². The normalized spacial score (nSPS) is 12.6. The Kier molecular flexibility index (Phi) is 5.26. The molecule has 0 fully saturated rings. The molecule has 1 aromatic carbocycles. The molecule has 0 amide bonds. The van der Waals surface area contributed by atoms with Gasteiger partial charge in [0.25, 0.3) is 0 Å². The third-order valence-corrected chi connectivity index (χ3v) is 4.51. The molecule has 2 aromatic rings. The molecule has 0 aliphatic carbocycles. The molecule has 0 spiro atoms. The van der Waals surface area contributed by atoms with Crippen molar-refractivity contribution in [1.82, 2.24) is 4.98 Å². The molecule has 1 aromatic heterocycles. The second-order valence-electron chi connectivity index (χ2n) is 4.99. The molecule has 0 bridgehead atoms. The lowest BCUT2D eigenvalue weighted by molar-refractivity contribution is 0.668. The molecule has 20 heavy (non-hydrogen) atoms. The van der Waals surface area contributed by atoms with Gasteiger partial charge in [0, 0.05) is 37.0 Å². The Hall–Kier alpha value is -1.26. The summed E-state index contributed by atoms with van der Waals surface area (Å²) in [5, 5.41) is 2.41. The largest absolute Gasteiger partial charge is 0.355 e. The van der Waals surface area contributed by atoms with Gasteiger partial charge >= 0.3 is 0 Å². The highest BCUT2D eigenvalue weighted by molar-refractivity contribution is 7.98. The quantitative estimate of drug-likeness (QED) is 0.886. The summed E-state index contributed by atoms with van der Waals surface area (Å²) in [6.07, 6.45) is 5.19. The molecule has 2 N–H and O–H groups in total. The maximum absolute atomic E-state index is 5.82. The van der Waals surface area contributed by atoms with E-state index < -0.39 is 0 Å². The Balaban J connectivity index is 2.49. The van der Waals surface area contributed by atoms with Crippen LogP contribution in [0, 0.1) is 0 Å². The van der Waals surface area contributed by atoms with Crippen LogP contribution >= 0.6 is 11.8 Å². The van der Waals surface area contributed by atoms with E-state index in [-0.39, 0.29) is 0 Å². The van der Waals surface area contributed by atoms with E-state index in [4.69, 9.17) is 5.73 Å². The summed E-state index contributed by atoms with van der Waals surface area (Å²) >= 11 is 1.88. The second kappa shape index (κ2) is 6.95. The Labute approximate surface area is 125 Å². The molecule has 3 nitrogen and oxygen atoms in total. The van der Waals surface area contributed by atoms with Gasteiger partial charge in [-0.15, -0.1) is 0 Å². The number of anilines is 1. The van der Waals surface area contributed by atoms with Crippen molar-refractivity contribution in [3.8, 4) is 0 Å². The number of hydrogen-bond acceptors (Lipinski definition) is 4. The van der Waals surface area contributed by atoms with Crippen LogP contribution in [0.4, 0.5) is 5.82 Å². The molecule has 1 atom stereocenters. The van der Waals surface area contributed by atoms with E-state index in [0.717, 1.165) is 23.6 Å². The van der Waals surface area contributed by atoms with Crippen molar-refractivity contribution in [3.05, 3.63) is 36.0 Å². The lowest BCUT2D eigenvalue weighted by Gasteiger charge is -2.29. The van der Waals surface area contributed by atoms with Crippen molar-refractivity contribution in [3.63, 3.8) is 0 Å². The molecule has 108 valence electrons. The molecule has 0 saturated heterocycles. The number of rotatable bonds is 6. The fourth-order valence-electron chi connectivity index (χ4n) is 2.55. The fraction of sp³-hybridized carbons (Fsp3) is 0.438. The van der Waals surface area contributed by atoms with E-state index in [0.29, 0.717) is 12.6 Å². The summed E-state index contributed by atoms with van der Waals surface area (Å²) in [6, 6.07) is 8.90. The van der Waals surface area contributed by atoms with Gasteiger partial charge in [-0.05, 0) is 23.6 Å². The summed E-state index contributed by atoms with van der Waals surface area (Å²) in [7, 11) is 2.14. The van der Waals surface area contributed by atoms with Crippen LogP contribution in [-0.4, -0.2) is 30.1 Å². The fourth-order valence-corrected chi connectivity index (χ4v) is 3.39. The first-order valence-electron chi connectivity index (χ1n) is 7.01. The molecular formula is C16H23N3S. The summed E-state index contributed by atoms with van der Waals surface area (Å²) in [5.74, 6) is 2.17. The first kappa shape index (κ1) is 15.1. The Morgan fingerprint density at radius 2 is 2.00 bits per heavy atom. The topological polar surface area (TPSA) is 42.2 Å². The van der Waals surface area contributed by atoms with Gasteiger partial charge in [-0.2, -0.15) is 11.8 Å². The minimum absolute atomic E-state index is 0.504. The Morgan fingerprint density at radius 1 is 1.30 bits per heavy atom. The van der Waals surface area contributed by atoms with Gasteiger partial charge in [0.2, 0.25) is 0 Å². The first-order chi connectivity index (χ1) is 9.72. The van der Waals surface area contributed by atoms with Gasteiger partial charge in [0.05, 0.1) is 0 Å². The van der Waals surface area contributed by atoms with Crippen LogP contribution in [0.15, 0.2) is 30.5 Å². The monoisotopic (exact) mass is 289 g/mol. The molecule has 0 radical (unpaired) electrons. The third-order valence-electron chi connectivity index (χ3n) is 3.79. The number of benzene rings is 1. The summed E-state index contributed by atoms with van der Waals surface area (Å²) < 4.78 is 0. The number of hydrogen-bond donors (Lipinski definition) is 1. The van der Waals surface area contributed by atoms with E-state index in [1.807, 2.05) is 18.0 Å². The number of nitrogens with zero attached hydrogens (tertiary/aromatic N) is 2. The van der Waals surface area contributed by atoms with Crippen molar-refractivity contribution in [2.75, 3.05) is 24.0 Å². The highest BCUT2D eigenvalue weighted by Gasteiger charge is 2.17. The van der Waals surface area contributed by atoms with Crippen molar-refractivity contribution >= 4 is 28.4 Å². The van der Waals surface area contributed by atoms with Gasteiger partial charge in [0.1, 0.15) is 5.82 Å². The standard InChI is InChI=1S/C16H23N3S/c1-4-13(11-20-3)19(2)16-15-8-6-5-7-14(15)12(9-17)10-18-16/h5-8,10,13H,4,9,11,17H2,1-3H3. The zero-order chi connectivity index (χ0) is 14.5. The van der Waals surface area contributed by atoms with Gasteiger partial charge in [-0.3, -0.25) is 0 Å². The summed E-state index contributed by atoms with van der Waals surface area (Å²) in [6.45, 7) is 2.76. The lowest BCUT2D eigenvalue weighted by Crippen LogP contribution is -2.34. The molecule has 0 aliphatic rings. The van der Waals surface area contributed by atoms with E-state index in [1.54, 1.807) is 0 Å². The highest BCUT2D eigenvalue weighted by Crippen LogP contribution is 2.28. The average Bonchev–Trinajstić information content (AvgIpc) is 2.50. The predicted octanol–water partition coefficient (Wildman–Crippen LogP) is 3.27. The van der Waals surface area contributed by atoms with E-state index in [9.17, 15) is 0 Å². The highest BCUT2D eigenvalue weighted by atomic mass is 32.2. The summed E-state index contributed by atoms with van der Waals surface area (Å²) in [5.41, 5.74) is 6.93. The molecule has 0 saturated carbocycles.